The topological polar surface area (TPSA) is 34.4 Å². The highest BCUT2D eigenvalue weighted by Crippen LogP contribution is 2.26. The lowest BCUT2D eigenvalue weighted by Crippen LogP contribution is -2.30. The van der Waals surface area contributed by atoms with Gasteiger partial charge in [-0.2, -0.15) is 0 Å². The van der Waals surface area contributed by atoms with Crippen LogP contribution >= 0.6 is 31.9 Å². The Morgan fingerprint density at radius 1 is 1.41 bits per heavy atom. The first-order valence-electron chi connectivity index (χ1n) is 5.58. The number of halogens is 2. The van der Waals surface area contributed by atoms with Gasteiger partial charge >= 0.3 is 0 Å². The zero-order chi connectivity index (χ0) is 12.9. The summed E-state index contributed by atoms with van der Waals surface area (Å²) in [6.45, 7) is 6.93. The third kappa shape index (κ3) is 5.55. The van der Waals surface area contributed by atoms with Gasteiger partial charge in [0.1, 0.15) is 5.76 Å². The van der Waals surface area contributed by atoms with Gasteiger partial charge in [0.25, 0.3) is 0 Å². The summed E-state index contributed by atoms with van der Waals surface area (Å²) in [5.41, 5.74) is 0.233. The summed E-state index contributed by atoms with van der Waals surface area (Å²) in [5, 5.41) is 3.40. The van der Waals surface area contributed by atoms with Crippen molar-refractivity contribution >= 4 is 31.9 Å². The number of nitrogens with one attached hydrogen (secondary N) is 1. The summed E-state index contributed by atoms with van der Waals surface area (Å²) in [5.74, 6) is 0.922. The molecule has 0 bridgehead atoms. The second-order valence-electron chi connectivity index (χ2n) is 4.84. The van der Waals surface area contributed by atoms with Crippen LogP contribution in [0.3, 0.4) is 0 Å². The van der Waals surface area contributed by atoms with Crippen molar-refractivity contribution in [2.75, 3.05) is 20.3 Å². The Hall–Kier alpha value is 0.160. The summed E-state index contributed by atoms with van der Waals surface area (Å²) >= 11 is 6.72. The lowest BCUT2D eigenvalue weighted by atomic mass is 9.90. The van der Waals surface area contributed by atoms with Crippen molar-refractivity contribution in [2.24, 2.45) is 5.41 Å². The Kier molecular flexibility index (Phi) is 6.20. The van der Waals surface area contributed by atoms with Gasteiger partial charge in [0.15, 0.2) is 4.67 Å². The van der Waals surface area contributed by atoms with E-state index in [1.165, 1.54) is 0 Å². The van der Waals surface area contributed by atoms with Crippen molar-refractivity contribution in [2.45, 2.75) is 26.8 Å². The quantitative estimate of drug-likeness (QED) is 0.790. The number of hydrogen-bond donors (Lipinski definition) is 1. The van der Waals surface area contributed by atoms with Crippen LogP contribution in [0.4, 0.5) is 0 Å². The summed E-state index contributed by atoms with van der Waals surface area (Å²) in [6.07, 6.45) is 1.04. The van der Waals surface area contributed by atoms with E-state index in [9.17, 15) is 0 Å². The molecule has 1 aromatic heterocycles. The number of hydrogen-bond acceptors (Lipinski definition) is 3. The summed E-state index contributed by atoms with van der Waals surface area (Å²) in [4.78, 5) is 0. The van der Waals surface area contributed by atoms with Gasteiger partial charge in [-0.05, 0) is 49.8 Å². The van der Waals surface area contributed by atoms with E-state index in [-0.39, 0.29) is 5.41 Å². The molecule has 1 heterocycles. The number of furan rings is 1. The van der Waals surface area contributed by atoms with E-state index in [4.69, 9.17) is 9.15 Å². The maximum Gasteiger partial charge on any atom is 0.183 e. The Morgan fingerprint density at radius 3 is 2.65 bits per heavy atom. The van der Waals surface area contributed by atoms with Crippen molar-refractivity contribution < 1.29 is 9.15 Å². The molecule has 0 spiro atoms. The van der Waals surface area contributed by atoms with Gasteiger partial charge in [-0.3, -0.25) is 0 Å². The van der Waals surface area contributed by atoms with E-state index in [1.807, 2.05) is 6.07 Å². The fourth-order valence-electron chi connectivity index (χ4n) is 1.47. The highest BCUT2D eigenvalue weighted by molar-refractivity contribution is 9.13. The van der Waals surface area contributed by atoms with Crippen molar-refractivity contribution in [1.82, 2.24) is 5.32 Å². The zero-order valence-corrected chi connectivity index (χ0v) is 13.7. The molecule has 17 heavy (non-hydrogen) atoms. The average molecular weight is 369 g/mol. The Bertz CT molecular complexity index is 331. The van der Waals surface area contributed by atoms with Crippen molar-refractivity contribution in [3.63, 3.8) is 0 Å². The highest BCUT2D eigenvalue weighted by Gasteiger charge is 2.17. The minimum atomic E-state index is 0.233. The lowest BCUT2D eigenvalue weighted by molar-refractivity contribution is 0.150. The van der Waals surface area contributed by atoms with Crippen LogP contribution in [0.1, 0.15) is 26.0 Å². The average Bonchev–Trinajstić information content (AvgIpc) is 2.55. The van der Waals surface area contributed by atoms with E-state index in [1.54, 1.807) is 7.11 Å². The normalized spacial score (nSPS) is 12.1. The molecule has 0 amide bonds. The van der Waals surface area contributed by atoms with Crippen LogP contribution in [-0.2, 0) is 11.3 Å². The predicted octanol–water partition coefficient (Wildman–Crippen LogP) is 3.96. The van der Waals surface area contributed by atoms with Gasteiger partial charge in [-0.25, -0.2) is 0 Å². The molecule has 0 radical (unpaired) electrons. The molecule has 0 aromatic carbocycles. The lowest BCUT2D eigenvalue weighted by Gasteiger charge is -2.24. The monoisotopic (exact) mass is 367 g/mol. The molecular formula is C12H19Br2NO2. The number of rotatable bonds is 7. The van der Waals surface area contributed by atoms with Gasteiger partial charge in [0, 0.05) is 20.3 Å². The van der Waals surface area contributed by atoms with Gasteiger partial charge < -0.3 is 14.5 Å². The predicted molar refractivity (Wildman–Crippen MR) is 76.1 cm³/mol. The molecule has 0 aliphatic carbocycles. The largest absolute Gasteiger partial charge is 0.452 e. The van der Waals surface area contributed by atoms with Crippen LogP contribution < -0.4 is 5.32 Å². The molecule has 5 heteroatoms. The highest BCUT2D eigenvalue weighted by atomic mass is 79.9. The van der Waals surface area contributed by atoms with E-state index in [0.29, 0.717) is 0 Å². The molecule has 0 aliphatic rings. The SMILES string of the molecule is COCCC(C)(C)CNCc1cc(Br)c(Br)o1. The fraction of sp³-hybridized carbons (Fsp3) is 0.667. The molecule has 98 valence electrons. The van der Waals surface area contributed by atoms with Crippen molar-refractivity contribution in [3.8, 4) is 0 Å². The molecule has 0 saturated heterocycles. The van der Waals surface area contributed by atoms with Gasteiger partial charge in [0.2, 0.25) is 0 Å². The second-order valence-corrected chi connectivity index (χ2v) is 6.42. The molecular weight excluding hydrogens is 350 g/mol. The molecule has 1 N–H and O–H groups in total. The standard InChI is InChI=1S/C12H19Br2NO2/c1-12(2,4-5-16-3)8-15-7-9-6-10(13)11(14)17-9/h6,15H,4-5,7-8H2,1-3H3. The fourth-order valence-corrected chi connectivity index (χ4v) is 2.13. The first-order chi connectivity index (χ1) is 7.94. The van der Waals surface area contributed by atoms with E-state index < -0.39 is 0 Å². The Morgan fingerprint density at radius 2 is 2.12 bits per heavy atom. The summed E-state index contributed by atoms with van der Waals surface area (Å²) in [6, 6.07) is 1.97. The van der Waals surface area contributed by atoms with Crippen LogP contribution in [0.15, 0.2) is 19.6 Å². The smallest absolute Gasteiger partial charge is 0.183 e. The molecule has 0 fully saturated rings. The van der Waals surface area contributed by atoms with Crippen LogP contribution in [-0.4, -0.2) is 20.3 Å². The van der Waals surface area contributed by atoms with Gasteiger partial charge in [0.05, 0.1) is 11.0 Å². The van der Waals surface area contributed by atoms with Crippen molar-refractivity contribution in [3.05, 3.63) is 21.0 Å². The molecule has 1 rings (SSSR count). The third-order valence-corrected chi connectivity index (χ3v) is 4.29. The first kappa shape index (κ1) is 15.2. The first-order valence-corrected chi connectivity index (χ1v) is 7.16. The maximum atomic E-state index is 5.49. The van der Waals surface area contributed by atoms with Crippen LogP contribution in [0.5, 0.6) is 0 Å². The molecule has 1 aromatic rings. The summed E-state index contributed by atoms with van der Waals surface area (Å²) in [7, 11) is 1.74. The molecule has 0 aliphatic heterocycles. The molecule has 3 nitrogen and oxygen atoms in total. The van der Waals surface area contributed by atoms with E-state index >= 15 is 0 Å². The minimum absolute atomic E-state index is 0.233. The van der Waals surface area contributed by atoms with Crippen LogP contribution in [0, 0.1) is 5.41 Å². The maximum absolute atomic E-state index is 5.49. The second kappa shape index (κ2) is 6.92. The number of ether oxygens (including phenoxy) is 1. The molecule has 0 atom stereocenters. The van der Waals surface area contributed by atoms with Crippen molar-refractivity contribution in [1.29, 1.82) is 0 Å². The van der Waals surface area contributed by atoms with Gasteiger partial charge in [-0.15, -0.1) is 0 Å². The Labute approximate surface area is 120 Å². The third-order valence-electron chi connectivity index (χ3n) is 2.58. The van der Waals surface area contributed by atoms with Crippen LogP contribution in [0.25, 0.3) is 0 Å². The Balaban J connectivity index is 2.31. The number of methoxy groups -OCH3 is 1. The van der Waals surface area contributed by atoms with E-state index in [2.05, 4.69) is 51.0 Å². The van der Waals surface area contributed by atoms with Gasteiger partial charge in [-0.1, -0.05) is 13.8 Å². The summed E-state index contributed by atoms with van der Waals surface area (Å²) < 4.78 is 12.3. The van der Waals surface area contributed by atoms with Crippen LogP contribution in [0.2, 0.25) is 0 Å². The molecule has 0 unspecified atom stereocenters. The molecule has 0 saturated carbocycles. The minimum Gasteiger partial charge on any atom is -0.452 e. The van der Waals surface area contributed by atoms with E-state index in [0.717, 1.165) is 41.0 Å². The zero-order valence-electron chi connectivity index (χ0n) is 10.5.